The molecule has 11 heteroatoms. The second kappa shape index (κ2) is 8.20. The number of halogens is 3. The molecule has 4 aromatic rings. The van der Waals surface area contributed by atoms with Crippen molar-refractivity contribution in [1.82, 2.24) is 20.4 Å². The van der Waals surface area contributed by atoms with Gasteiger partial charge < -0.3 is 10.6 Å². The van der Waals surface area contributed by atoms with Crippen molar-refractivity contribution >= 4 is 38.9 Å². The number of hydrogen-bond acceptors (Lipinski definition) is 4. The smallest absolute Gasteiger partial charge is 0.349 e. The zero-order valence-corrected chi connectivity index (χ0v) is 19.8. The minimum Gasteiger partial charge on any atom is -0.349 e. The predicted molar refractivity (Wildman–Crippen MR) is 130 cm³/mol. The van der Waals surface area contributed by atoms with E-state index in [0.717, 1.165) is 10.1 Å². The Morgan fingerprint density at radius 3 is 2.72 bits per heavy atom. The van der Waals surface area contributed by atoms with Gasteiger partial charge >= 0.3 is 12.1 Å². The van der Waals surface area contributed by atoms with Crippen LogP contribution in [-0.2, 0) is 17.4 Å². The highest BCUT2D eigenvalue weighted by Crippen LogP contribution is 2.47. The van der Waals surface area contributed by atoms with Gasteiger partial charge in [0.2, 0.25) is 5.69 Å². The van der Waals surface area contributed by atoms with Crippen molar-refractivity contribution in [2.75, 3.05) is 6.54 Å². The van der Waals surface area contributed by atoms with E-state index in [4.69, 9.17) is 6.57 Å². The summed E-state index contributed by atoms with van der Waals surface area (Å²) in [6, 6.07) is 12.4. The van der Waals surface area contributed by atoms with Crippen molar-refractivity contribution < 1.29 is 22.8 Å². The Morgan fingerprint density at radius 2 is 2.00 bits per heavy atom. The number of carbonyl (C=O) groups is 2. The second-order valence-electron chi connectivity index (χ2n) is 8.65. The topological polar surface area (TPSA) is 80.4 Å². The van der Waals surface area contributed by atoms with E-state index in [1.54, 1.807) is 30.1 Å². The molecule has 2 N–H and O–H groups in total. The van der Waals surface area contributed by atoms with Gasteiger partial charge in [-0.2, -0.15) is 18.3 Å². The van der Waals surface area contributed by atoms with Crippen LogP contribution in [0.5, 0.6) is 0 Å². The SMILES string of the molecule is [C-]#[N+]c1c(-c2c(-c3ccc4c(c3)C(C)(NC(=O)C(F)(F)F)CNC4=O)cnn2C)sc2ccccc12. The molecule has 7 nitrogen and oxygen atoms in total. The molecule has 182 valence electrons. The summed E-state index contributed by atoms with van der Waals surface area (Å²) in [5, 5.41) is 9.79. The van der Waals surface area contributed by atoms with Crippen LogP contribution < -0.4 is 10.6 Å². The molecule has 0 radical (unpaired) electrons. The monoisotopic (exact) mass is 509 g/mol. The lowest BCUT2D eigenvalue weighted by Gasteiger charge is -2.37. The summed E-state index contributed by atoms with van der Waals surface area (Å²) in [6.07, 6.45) is -3.46. The molecule has 0 fully saturated rings. The highest BCUT2D eigenvalue weighted by Gasteiger charge is 2.45. The molecule has 1 unspecified atom stereocenters. The zero-order valence-electron chi connectivity index (χ0n) is 19.0. The normalized spacial score (nSPS) is 17.4. The van der Waals surface area contributed by atoms with Crippen LogP contribution in [0.4, 0.5) is 18.9 Å². The van der Waals surface area contributed by atoms with Crippen molar-refractivity contribution in [1.29, 1.82) is 0 Å². The largest absolute Gasteiger partial charge is 0.471 e. The van der Waals surface area contributed by atoms with Crippen LogP contribution in [0.25, 0.3) is 36.6 Å². The molecule has 5 rings (SSSR count). The van der Waals surface area contributed by atoms with Crippen LogP contribution in [0.2, 0.25) is 0 Å². The number of hydrogen-bond donors (Lipinski definition) is 2. The number of alkyl halides is 3. The van der Waals surface area contributed by atoms with Gasteiger partial charge in [-0.3, -0.25) is 14.3 Å². The summed E-state index contributed by atoms with van der Waals surface area (Å²) in [5.74, 6) is -2.53. The van der Waals surface area contributed by atoms with Gasteiger partial charge in [-0.15, -0.1) is 11.3 Å². The van der Waals surface area contributed by atoms with E-state index >= 15 is 0 Å². The van der Waals surface area contributed by atoms with Crippen molar-refractivity contribution in [3.05, 3.63) is 71.2 Å². The van der Waals surface area contributed by atoms with Crippen LogP contribution in [0, 0.1) is 6.57 Å². The van der Waals surface area contributed by atoms with Crippen molar-refractivity contribution in [3.8, 4) is 21.7 Å². The third-order valence-corrected chi connectivity index (χ3v) is 7.42. The summed E-state index contributed by atoms with van der Waals surface area (Å²) >= 11 is 1.45. The molecule has 0 saturated heterocycles. The fourth-order valence-electron chi connectivity index (χ4n) is 4.47. The lowest BCUT2D eigenvalue weighted by molar-refractivity contribution is -0.175. The summed E-state index contributed by atoms with van der Waals surface area (Å²) in [4.78, 5) is 28.8. The number of fused-ring (bicyclic) bond motifs is 2. The summed E-state index contributed by atoms with van der Waals surface area (Å²) in [6.45, 7) is 9.00. The van der Waals surface area contributed by atoms with E-state index in [2.05, 4.69) is 15.3 Å². The van der Waals surface area contributed by atoms with Crippen molar-refractivity contribution in [2.45, 2.75) is 18.6 Å². The third-order valence-electron chi connectivity index (χ3n) is 6.25. The zero-order chi connectivity index (χ0) is 25.8. The Balaban J connectivity index is 1.67. The number of nitrogens with one attached hydrogen (secondary N) is 2. The van der Waals surface area contributed by atoms with Gasteiger partial charge in [0.25, 0.3) is 5.91 Å². The fraction of sp³-hybridized carbons (Fsp3) is 0.200. The van der Waals surface area contributed by atoms with Gasteiger partial charge in [-0.25, -0.2) is 4.85 Å². The van der Waals surface area contributed by atoms with Crippen molar-refractivity contribution in [2.24, 2.45) is 7.05 Å². The Bertz CT molecular complexity index is 1600. The molecular formula is C25H18F3N5O2S. The summed E-state index contributed by atoms with van der Waals surface area (Å²) < 4.78 is 41.7. The van der Waals surface area contributed by atoms with Crippen molar-refractivity contribution in [3.63, 3.8) is 0 Å². The van der Waals surface area contributed by atoms with E-state index in [0.29, 0.717) is 27.4 Å². The lowest BCUT2D eigenvalue weighted by atomic mass is 9.82. The number of aromatic nitrogens is 2. The summed E-state index contributed by atoms with van der Waals surface area (Å²) in [5.41, 5.74) is 1.33. The molecular weight excluding hydrogens is 491 g/mol. The van der Waals surface area contributed by atoms with Gasteiger partial charge in [0.05, 0.1) is 28.9 Å². The van der Waals surface area contributed by atoms with E-state index in [1.807, 2.05) is 29.6 Å². The predicted octanol–water partition coefficient (Wildman–Crippen LogP) is 5.16. The van der Waals surface area contributed by atoms with Crippen LogP contribution in [0.15, 0.2) is 48.7 Å². The van der Waals surface area contributed by atoms with E-state index < -0.39 is 23.5 Å². The molecule has 1 aliphatic heterocycles. The number of carbonyl (C=O) groups excluding carboxylic acids is 2. The Hall–Kier alpha value is -4.17. The first-order valence-electron chi connectivity index (χ1n) is 10.8. The number of aryl methyl sites for hydroxylation is 1. The van der Waals surface area contributed by atoms with Gasteiger partial charge in [0, 0.05) is 29.4 Å². The average molecular weight is 510 g/mol. The van der Waals surface area contributed by atoms with Crippen LogP contribution in [0.1, 0.15) is 22.8 Å². The maximum atomic E-state index is 13.0. The maximum Gasteiger partial charge on any atom is 0.471 e. The van der Waals surface area contributed by atoms with Crippen LogP contribution >= 0.6 is 11.3 Å². The number of benzene rings is 2. The van der Waals surface area contributed by atoms with Gasteiger partial charge in [-0.1, -0.05) is 24.3 Å². The molecule has 0 saturated carbocycles. The fourth-order valence-corrected chi connectivity index (χ4v) is 5.70. The van der Waals surface area contributed by atoms with Gasteiger partial charge in [-0.05, 0) is 41.6 Å². The lowest BCUT2D eigenvalue weighted by Crippen LogP contribution is -2.57. The van der Waals surface area contributed by atoms with Crippen LogP contribution in [-0.4, -0.2) is 34.3 Å². The van der Waals surface area contributed by atoms with Crippen LogP contribution in [0.3, 0.4) is 0 Å². The second-order valence-corrected chi connectivity index (χ2v) is 9.70. The van der Waals surface area contributed by atoms with Gasteiger partial charge in [0.15, 0.2) is 0 Å². The molecule has 0 aliphatic carbocycles. The molecule has 2 aromatic carbocycles. The number of nitrogens with zero attached hydrogens (tertiary/aromatic N) is 3. The summed E-state index contributed by atoms with van der Waals surface area (Å²) in [7, 11) is 1.75. The highest BCUT2D eigenvalue weighted by molar-refractivity contribution is 7.23. The first kappa shape index (κ1) is 23.6. The minimum atomic E-state index is -5.07. The van der Waals surface area contributed by atoms with E-state index in [-0.39, 0.29) is 17.7 Å². The van der Waals surface area contributed by atoms with E-state index in [9.17, 15) is 22.8 Å². The maximum absolute atomic E-state index is 13.0. The molecule has 1 aliphatic rings. The molecule has 2 amide bonds. The Morgan fingerprint density at radius 1 is 1.25 bits per heavy atom. The molecule has 2 aromatic heterocycles. The number of thiophene rings is 1. The van der Waals surface area contributed by atoms with Gasteiger partial charge in [0.1, 0.15) is 0 Å². The number of amides is 2. The molecule has 0 bridgehead atoms. The standard InChI is InChI=1S/C25H18F3N5O2S/c1-24(32-23(35)25(26,27)28)12-30-22(34)14-9-8-13(10-17(14)24)16-11-31-33(3)20(16)21-19(29-2)15-6-4-5-7-18(15)36-21/h4-11H,12H2,1,3H3,(H,30,34)(H,32,35). The molecule has 3 heterocycles. The molecule has 0 spiro atoms. The van der Waals surface area contributed by atoms with E-state index in [1.165, 1.54) is 24.3 Å². The first-order valence-corrected chi connectivity index (χ1v) is 11.6. The third kappa shape index (κ3) is 3.70. The first-order chi connectivity index (χ1) is 17.0. The Labute approximate surface area is 207 Å². The average Bonchev–Trinajstić information content (AvgIpc) is 3.40. The Kier molecular flexibility index (Phi) is 5.37. The molecule has 1 atom stereocenters. The minimum absolute atomic E-state index is 0.170. The quantitative estimate of drug-likeness (QED) is 0.375. The molecule has 36 heavy (non-hydrogen) atoms. The highest BCUT2D eigenvalue weighted by atomic mass is 32.1. The number of rotatable bonds is 3.